The lowest BCUT2D eigenvalue weighted by Gasteiger charge is -2.33. The predicted octanol–water partition coefficient (Wildman–Crippen LogP) is 5.24. The first-order valence-corrected chi connectivity index (χ1v) is 11.3. The third-order valence-corrected chi connectivity index (χ3v) is 5.94. The van der Waals surface area contributed by atoms with Crippen LogP contribution in [0.5, 0.6) is 5.75 Å². The molecule has 1 atom stereocenters. The van der Waals surface area contributed by atoms with Crippen LogP contribution in [0.4, 0.5) is 4.39 Å². The van der Waals surface area contributed by atoms with Crippen molar-refractivity contribution >= 4 is 5.91 Å². The van der Waals surface area contributed by atoms with Crippen molar-refractivity contribution in [3.05, 3.63) is 83.4 Å². The fourth-order valence-corrected chi connectivity index (χ4v) is 4.23. The van der Waals surface area contributed by atoms with Gasteiger partial charge in [0.05, 0.1) is 6.61 Å². The van der Waals surface area contributed by atoms with Crippen LogP contribution in [0, 0.1) is 12.7 Å². The average molecular weight is 449 g/mol. The normalized spacial score (nSPS) is 16.0. The SMILES string of the molecule is COCCOc1ccc(C(=O)N2CCC[C@@H](c3cc(-c4ccc(F)cc4)cc(C)n3)C2)cc1. The van der Waals surface area contributed by atoms with E-state index in [4.69, 9.17) is 14.5 Å². The molecule has 0 unspecified atom stereocenters. The van der Waals surface area contributed by atoms with Crippen LogP contribution in [0.25, 0.3) is 11.1 Å². The van der Waals surface area contributed by atoms with Crippen LogP contribution in [0.3, 0.4) is 0 Å². The van der Waals surface area contributed by atoms with E-state index in [1.165, 1.54) is 12.1 Å². The molecule has 1 aliphatic rings. The zero-order chi connectivity index (χ0) is 23.2. The molecule has 1 aliphatic heterocycles. The van der Waals surface area contributed by atoms with Gasteiger partial charge in [-0.3, -0.25) is 9.78 Å². The smallest absolute Gasteiger partial charge is 0.253 e. The maximum atomic E-state index is 13.3. The van der Waals surface area contributed by atoms with E-state index in [2.05, 4.69) is 6.07 Å². The number of hydrogen-bond acceptors (Lipinski definition) is 4. The molecule has 1 saturated heterocycles. The zero-order valence-electron chi connectivity index (χ0n) is 19.1. The minimum atomic E-state index is -0.249. The summed E-state index contributed by atoms with van der Waals surface area (Å²) in [5, 5.41) is 0. The number of pyridine rings is 1. The van der Waals surface area contributed by atoms with Crippen molar-refractivity contribution in [3.8, 4) is 16.9 Å². The molecule has 0 saturated carbocycles. The summed E-state index contributed by atoms with van der Waals surface area (Å²) in [5.41, 5.74) is 4.52. The number of ether oxygens (including phenoxy) is 2. The molecule has 4 rings (SSSR count). The van der Waals surface area contributed by atoms with Gasteiger partial charge < -0.3 is 14.4 Å². The molecule has 0 bridgehead atoms. The van der Waals surface area contributed by atoms with Gasteiger partial charge in [0.1, 0.15) is 18.2 Å². The van der Waals surface area contributed by atoms with Crippen LogP contribution >= 0.6 is 0 Å². The molecule has 0 radical (unpaired) electrons. The minimum absolute atomic E-state index is 0.0227. The van der Waals surface area contributed by atoms with Gasteiger partial charge in [-0.05, 0) is 79.4 Å². The van der Waals surface area contributed by atoms with Crippen LogP contribution in [-0.2, 0) is 4.74 Å². The van der Waals surface area contributed by atoms with Crippen LogP contribution in [-0.4, -0.2) is 49.2 Å². The Morgan fingerprint density at radius 2 is 1.82 bits per heavy atom. The highest BCUT2D eigenvalue weighted by Gasteiger charge is 2.27. The quantitative estimate of drug-likeness (QED) is 0.464. The first-order valence-electron chi connectivity index (χ1n) is 11.3. The number of aryl methyl sites for hydroxylation is 1. The standard InChI is InChI=1S/C27H29FN2O3/c1-19-16-23(20-5-9-24(28)10-6-20)17-26(29-19)22-4-3-13-30(18-22)27(31)21-7-11-25(12-8-21)33-15-14-32-2/h5-12,16-17,22H,3-4,13-15,18H2,1-2H3/t22-/m1/s1. The summed E-state index contributed by atoms with van der Waals surface area (Å²) < 4.78 is 23.9. The molecule has 172 valence electrons. The van der Waals surface area contributed by atoms with Gasteiger partial charge in [0, 0.05) is 43.1 Å². The van der Waals surface area contributed by atoms with Gasteiger partial charge in [-0.25, -0.2) is 4.39 Å². The summed E-state index contributed by atoms with van der Waals surface area (Å²) >= 11 is 0. The van der Waals surface area contributed by atoms with Crippen molar-refractivity contribution in [2.45, 2.75) is 25.7 Å². The molecule has 33 heavy (non-hydrogen) atoms. The summed E-state index contributed by atoms with van der Waals surface area (Å²) in [6.07, 6.45) is 1.91. The lowest BCUT2D eigenvalue weighted by Crippen LogP contribution is -2.39. The Morgan fingerprint density at radius 3 is 2.55 bits per heavy atom. The second-order valence-electron chi connectivity index (χ2n) is 8.38. The van der Waals surface area contributed by atoms with Gasteiger partial charge in [0.25, 0.3) is 5.91 Å². The highest BCUT2D eigenvalue weighted by atomic mass is 19.1. The molecule has 0 aliphatic carbocycles. The number of rotatable bonds is 7. The molecule has 3 aromatic rings. The van der Waals surface area contributed by atoms with E-state index in [-0.39, 0.29) is 17.6 Å². The van der Waals surface area contributed by atoms with E-state index in [0.29, 0.717) is 25.3 Å². The summed E-state index contributed by atoms with van der Waals surface area (Å²) in [4.78, 5) is 19.8. The summed E-state index contributed by atoms with van der Waals surface area (Å²) in [5.74, 6) is 0.658. The number of carbonyl (C=O) groups is 1. The van der Waals surface area contributed by atoms with Crippen molar-refractivity contribution in [1.82, 2.24) is 9.88 Å². The lowest BCUT2D eigenvalue weighted by atomic mass is 9.92. The van der Waals surface area contributed by atoms with Gasteiger partial charge >= 0.3 is 0 Å². The van der Waals surface area contributed by atoms with Gasteiger partial charge in [-0.15, -0.1) is 0 Å². The second-order valence-corrected chi connectivity index (χ2v) is 8.38. The van der Waals surface area contributed by atoms with Crippen molar-refractivity contribution in [1.29, 1.82) is 0 Å². The van der Waals surface area contributed by atoms with Crippen molar-refractivity contribution in [2.24, 2.45) is 0 Å². The largest absolute Gasteiger partial charge is 0.491 e. The molecule has 0 N–H and O–H groups in total. The van der Waals surface area contributed by atoms with Gasteiger partial charge in [0.2, 0.25) is 0 Å². The van der Waals surface area contributed by atoms with E-state index >= 15 is 0 Å². The van der Waals surface area contributed by atoms with Gasteiger partial charge in [0.15, 0.2) is 0 Å². The molecule has 1 fully saturated rings. The van der Waals surface area contributed by atoms with Crippen LogP contribution in [0.15, 0.2) is 60.7 Å². The molecule has 5 nitrogen and oxygen atoms in total. The first-order chi connectivity index (χ1) is 16.0. The monoisotopic (exact) mass is 448 g/mol. The molecule has 0 spiro atoms. The molecule has 6 heteroatoms. The van der Waals surface area contributed by atoms with Crippen molar-refractivity contribution in [3.63, 3.8) is 0 Å². The van der Waals surface area contributed by atoms with E-state index < -0.39 is 0 Å². The number of carbonyl (C=O) groups excluding carboxylic acids is 1. The van der Waals surface area contributed by atoms with Gasteiger partial charge in [-0.2, -0.15) is 0 Å². The third-order valence-electron chi connectivity index (χ3n) is 5.94. The highest BCUT2D eigenvalue weighted by Crippen LogP contribution is 2.30. The number of hydrogen-bond donors (Lipinski definition) is 0. The maximum absolute atomic E-state index is 13.3. The Morgan fingerprint density at radius 1 is 1.06 bits per heavy atom. The van der Waals surface area contributed by atoms with E-state index in [0.717, 1.165) is 47.7 Å². The fourth-order valence-electron chi connectivity index (χ4n) is 4.23. The van der Waals surface area contributed by atoms with E-state index in [1.54, 1.807) is 19.2 Å². The lowest BCUT2D eigenvalue weighted by molar-refractivity contribution is 0.0706. The van der Waals surface area contributed by atoms with Crippen LogP contribution < -0.4 is 4.74 Å². The number of aromatic nitrogens is 1. The Kier molecular flexibility index (Phi) is 7.35. The highest BCUT2D eigenvalue weighted by molar-refractivity contribution is 5.94. The first kappa shape index (κ1) is 22.9. The topological polar surface area (TPSA) is 51.7 Å². The zero-order valence-corrected chi connectivity index (χ0v) is 19.1. The number of methoxy groups -OCH3 is 1. The number of likely N-dealkylation sites (tertiary alicyclic amines) is 1. The molecule has 2 heterocycles. The number of piperidine rings is 1. The Balaban J connectivity index is 1.47. The molecule has 1 aromatic heterocycles. The number of nitrogens with zero attached hydrogens (tertiary/aromatic N) is 2. The average Bonchev–Trinajstić information content (AvgIpc) is 2.84. The fraction of sp³-hybridized carbons (Fsp3) is 0.333. The number of benzene rings is 2. The Hall–Kier alpha value is -3.25. The summed E-state index contributed by atoms with van der Waals surface area (Å²) in [6.45, 7) is 4.33. The third kappa shape index (κ3) is 5.76. The summed E-state index contributed by atoms with van der Waals surface area (Å²) in [7, 11) is 1.63. The van der Waals surface area contributed by atoms with Crippen LogP contribution in [0.1, 0.15) is 40.5 Å². The van der Waals surface area contributed by atoms with Crippen molar-refractivity contribution < 1.29 is 18.7 Å². The van der Waals surface area contributed by atoms with Crippen molar-refractivity contribution in [2.75, 3.05) is 33.4 Å². The Labute approximate surface area is 194 Å². The molecule has 1 amide bonds. The molecule has 2 aromatic carbocycles. The second kappa shape index (κ2) is 10.6. The van der Waals surface area contributed by atoms with E-state index in [9.17, 15) is 9.18 Å². The number of amides is 1. The maximum Gasteiger partial charge on any atom is 0.253 e. The Bertz CT molecular complexity index is 1080. The summed E-state index contributed by atoms with van der Waals surface area (Å²) in [6, 6.07) is 17.9. The van der Waals surface area contributed by atoms with E-state index in [1.807, 2.05) is 42.2 Å². The molecular formula is C27H29FN2O3. The minimum Gasteiger partial charge on any atom is -0.491 e. The number of halogens is 1. The van der Waals surface area contributed by atoms with Gasteiger partial charge in [-0.1, -0.05) is 12.1 Å². The molecular weight excluding hydrogens is 419 g/mol. The van der Waals surface area contributed by atoms with Crippen LogP contribution in [0.2, 0.25) is 0 Å². The predicted molar refractivity (Wildman–Crippen MR) is 126 cm³/mol.